The van der Waals surface area contributed by atoms with Crippen molar-refractivity contribution in [3.05, 3.63) is 71.1 Å². The minimum absolute atomic E-state index is 0.863. The van der Waals surface area contributed by atoms with Gasteiger partial charge in [-0.15, -0.1) is 0 Å². The monoisotopic (exact) mass is 319 g/mol. The van der Waals surface area contributed by atoms with Crippen molar-refractivity contribution in [2.24, 2.45) is 0 Å². The number of aryl methyl sites for hydroxylation is 2. The molecule has 5 heteroatoms. The van der Waals surface area contributed by atoms with Crippen LogP contribution in [0.25, 0.3) is 5.69 Å². The highest BCUT2D eigenvalue weighted by Gasteiger charge is 2.19. The second-order valence-corrected chi connectivity index (χ2v) is 6.37. The van der Waals surface area contributed by atoms with Crippen molar-refractivity contribution in [3.63, 3.8) is 0 Å². The molecule has 0 aliphatic carbocycles. The van der Waals surface area contributed by atoms with Crippen molar-refractivity contribution in [1.29, 1.82) is 0 Å². The Labute approximate surface area is 142 Å². The van der Waals surface area contributed by atoms with Crippen molar-refractivity contribution in [2.75, 3.05) is 6.54 Å². The molecule has 3 aromatic rings. The second-order valence-electron chi connectivity index (χ2n) is 6.37. The number of rotatable bonds is 3. The highest BCUT2D eigenvalue weighted by atomic mass is 15.3. The summed E-state index contributed by atoms with van der Waals surface area (Å²) in [5.41, 5.74) is 5.91. The van der Waals surface area contributed by atoms with E-state index in [0.717, 1.165) is 43.3 Å². The van der Waals surface area contributed by atoms with Crippen LogP contribution in [0.15, 0.2) is 42.7 Å². The molecule has 5 nitrogen and oxygen atoms in total. The molecule has 1 aliphatic rings. The van der Waals surface area contributed by atoms with Gasteiger partial charge in [-0.2, -0.15) is 5.10 Å². The molecule has 0 N–H and O–H groups in total. The molecule has 0 atom stereocenters. The lowest BCUT2D eigenvalue weighted by Gasteiger charge is -2.27. The highest BCUT2D eigenvalue weighted by molar-refractivity contribution is 5.32. The first kappa shape index (κ1) is 15.0. The second kappa shape index (κ2) is 6.17. The van der Waals surface area contributed by atoms with E-state index in [2.05, 4.69) is 45.2 Å². The maximum absolute atomic E-state index is 4.67. The van der Waals surface area contributed by atoms with Crippen LogP contribution >= 0.6 is 0 Å². The Morgan fingerprint density at radius 1 is 1.12 bits per heavy atom. The van der Waals surface area contributed by atoms with Gasteiger partial charge in [0.1, 0.15) is 5.82 Å². The van der Waals surface area contributed by atoms with Crippen molar-refractivity contribution in [1.82, 2.24) is 24.6 Å². The molecular weight excluding hydrogens is 298 g/mol. The zero-order chi connectivity index (χ0) is 16.5. The zero-order valence-corrected chi connectivity index (χ0v) is 14.1. The van der Waals surface area contributed by atoms with E-state index in [0.29, 0.717) is 0 Å². The molecule has 0 saturated heterocycles. The summed E-state index contributed by atoms with van der Waals surface area (Å²) in [7, 11) is 0. The summed E-state index contributed by atoms with van der Waals surface area (Å²) in [5, 5.41) is 4.67. The molecule has 24 heavy (non-hydrogen) atoms. The zero-order valence-electron chi connectivity index (χ0n) is 14.1. The molecule has 1 aliphatic heterocycles. The van der Waals surface area contributed by atoms with Crippen LogP contribution in [0.5, 0.6) is 0 Å². The lowest BCUT2D eigenvalue weighted by molar-refractivity contribution is 0.242. The van der Waals surface area contributed by atoms with Gasteiger partial charge in [0.25, 0.3) is 0 Å². The first-order valence-corrected chi connectivity index (χ1v) is 8.33. The molecular formula is C19H21N5. The van der Waals surface area contributed by atoms with Crippen molar-refractivity contribution in [3.8, 4) is 5.69 Å². The van der Waals surface area contributed by atoms with Crippen LogP contribution in [0.1, 0.15) is 28.3 Å². The van der Waals surface area contributed by atoms with Crippen LogP contribution in [-0.2, 0) is 19.5 Å². The molecule has 0 bridgehead atoms. The van der Waals surface area contributed by atoms with E-state index in [4.69, 9.17) is 0 Å². The van der Waals surface area contributed by atoms with E-state index in [1.165, 1.54) is 16.8 Å². The van der Waals surface area contributed by atoms with E-state index < -0.39 is 0 Å². The van der Waals surface area contributed by atoms with E-state index in [9.17, 15) is 0 Å². The Morgan fingerprint density at radius 2 is 1.96 bits per heavy atom. The fourth-order valence-corrected chi connectivity index (χ4v) is 3.21. The lowest BCUT2D eigenvalue weighted by Crippen LogP contribution is -2.31. The van der Waals surface area contributed by atoms with Crippen LogP contribution in [0, 0.1) is 13.8 Å². The molecule has 4 rings (SSSR count). The third-order valence-corrected chi connectivity index (χ3v) is 4.55. The van der Waals surface area contributed by atoms with Gasteiger partial charge < -0.3 is 0 Å². The molecule has 0 spiro atoms. The molecule has 0 saturated carbocycles. The molecule has 2 aromatic heterocycles. The SMILES string of the molecule is Cc1ncc2c(n1)CCN(Cc1cn(-c3ccccc3)nc1C)C2. The quantitative estimate of drug-likeness (QED) is 0.745. The first-order chi connectivity index (χ1) is 11.7. The van der Waals surface area contributed by atoms with E-state index in [1.54, 1.807) is 0 Å². The highest BCUT2D eigenvalue weighted by Crippen LogP contribution is 2.20. The predicted molar refractivity (Wildman–Crippen MR) is 92.9 cm³/mol. The molecule has 0 radical (unpaired) electrons. The van der Waals surface area contributed by atoms with E-state index >= 15 is 0 Å². The summed E-state index contributed by atoms with van der Waals surface area (Å²) in [4.78, 5) is 11.3. The molecule has 1 aromatic carbocycles. The Morgan fingerprint density at radius 3 is 2.79 bits per heavy atom. The number of aromatic nitrogens is 4. The topological polar surface area (TPSA) is 46.8 Å². The van der Waals surface area contributed by atoms with Gasteiger partial charge in [-0.25, -0.2) is 14.6 Å². The van der Waals surface area contributed by atoms with Crippen LogP contribution in [0.2, 0.25) is 0 Å². The number of para-hydroxylation sites is 1. The van der Waals surface area contributed by atoms with Crippen molar-refractivity contribution >= 4 is 0 Å². The molecule has 3 heterocycles. The first-order valence-electron chi connectivity index (χ1n) is 8.33. The number of fused-ring (bicyclic) bond motifs is 1. The number of benzene rings is 1. The Bertz CT molecular complexity index is 853. The fraction of sp³-hybridized carbons (Fsp3) is 0.316. The van der Waals surface area contributed by atoms with Gasteiger partial charge in [-0.05, 0) is 26.0 Å². The summed E-state index contributed by atoms with van der Waals surface area (Å²) < 4.78 is 1.97. The normalized spacial score (nSPS) is 14.6. The van der Waals surface area contributed by atoms with Gasteiger partial charge in [0, 0.05) is 55.3 Å². The molecule has 0 amide bonds. The standard InChI is InChI=1S/C19H21N5/c1-14-17(13-24(22-14)18-6-4-3-5-7-18)12-23-9-8-19-16(11-23)10-20-15(2)21-19/h3-7,10,13H,8-9,11-12H2,1-2H3. The van der Waals surface area contributed by atoms with Crippen LogP contribution in [0.4, 0.5) is 0 Å². The van der Waals surface area contributed by atoms with Crippen LogP contribution in [0.3, 0.4) is 0 Å². The van der Waals surface area contributed by atoms with Gasteiger partial charge in [0.2, 0.25) is 0 Å². The van der Waals surface area contributed by atoms with Gasteiger partial charge in [0.05, 0.1) is 11.4 Å². The van der Waals surface area contributed by atoms with Crippen LogP contribution in [-0.4, -0.2) is 31.2 Å². The van der Waals surface area contributed by atoms with Gasteiger partial charge in [0.15, 0.2) is 0 Å². The molecule has 122 valence electrons. The maximum Gasteiger partial charge on any atom is 0.125 e. The minimum atomic E-state index is 0.863. The number of nitrogens with zero attached hydrogens (tertiary/aromatic N) is 5. The Balaban J connectivity index is 1.52. The van der Waals surface area contributed by atoms with Gasteiger partial charge in [-0.1, -0.05) is 18.2 Å². The number of hydrogen-bond acceptors (Lipinski definition) is 4. The Hall–Kier alpha value is -2.53. The van der Waals surface area contributed by atoms with E-state index in [1.807, 2.05) is 36.0 Å². The minimum Gasteiger partial charge on any atom is -0.294 e. The van der Waals surface area contributed by atoms with Gasteiger partial charge in [-0.3, -0.25) is 4.90 Å². The Kier molecular flexibility index (Phi) is 3.86. The third-order valence-electron chi connectivity index (χ3n) is 4.55. The average molecular weight is 319 g/mol. The van der Waals surface area contributed by atoms with Crippen molar-refractivity contribution < 1.29 is 0 Å². The predicted octanol–water partition coefficient (Wildman–Crippen LogP) is 2.84. The summed E-state index contributed by atoms with van der Waals surface area (Å²) in [6.45, 7) is 6.88. The molecule has 0 fully saturated rings. The summed E-state index contributed by atoms with van der Waals surface area (Å²) in [5.74, 6) is 0.863. The summed E-state index contributed by atoms with van der Waals surface area (Å²) in [6, 6.07) is 10.3. The van der Waals surface area contributed by atoms with Gasteiger partial charge >= 0.3 is 0 Å². The average Bonchev–Trinajstić information content (AvgIpc) is 2.97. The lowest BCUT2D eigenvalue weighted by atomic mass is 10.1. The third kappa shape index (κ3) is 2.95. The largest absolute Gasteiger partial charge is 0.294 e. The maximum atomic E-state index is 4.67. The fourth-order valence-electron chi connectivity index (χ4n) is 3.21. The number of hydrogen-bond donors (Lipinski definition) is 0. The van der Waals surface area contributed by atoms with Crippen LogP contribution < -0.4 is 0 Å². The molecule has 0 unspecified atom stereocenters. The van der Waals surface area contributed by atoms with E-state index in [-0.39, 0.29) is 0 Å². The summed E-state index contributed by atoms with van der Waals surface area (Å²) >= 11 is 0. The smallest absolute Gasteiger partial charge is 0.125 e. The van der Waals surface area contributed by atoms with Crippen molar-refractivity contribution in [2.45, 2.75) is 33.4 Å². The summed E-state index contributed by atoms with van der Waals surface area (Å²) in [6.07, 6.45) is 5.11.